The lowest BCUT2D eigenvalue weighted by atomic mass is 9.86. The highest BCUT2D eigenvalue weighted by Gasteiger charge is 2.41. The maximum atomic E-state index is 12.2. The lowest BCUT2D eigenvalue weighted by molar-refractivity contribution is -0.117. The van der Waals surface area contributed by atoms with Gasteiger partial charge in [-0.3, -0.25) is 9.89 Å². The van der Waals surface area contributed by atoms with E-state index in [4.69, 9.17) is 5.73 Å². The van der Waals surface area contributed by atoms with E-state index in [1.807, 2.05) is 6.07 Å². The number of rotatable bonds is 4. The highest BCUT2D eigenvalue weighted by atomic mass is 35.5. The Morgan fingerprint density at radius 2 is 2.17 bits per heavy atom. The molecule has 1 aromatic rings. The van der Waals surface area contributed by atoms with Gasteiger partial charge in [0.15, 0.2) is 5.82 Å². The van der Waals surface area contributed by atoms with Crippen LogP contribution in [0.1, 0.15) is 63.0 Å². The van der Waals surface area contributed by atoms with Gasteiger partial charge in [-0.05, 0) is 49.9 Å². The van der Waals surface area contributed by atoms with Gasteiger partial charge in [0.05, 0.1) is 0 Å². The number of hydrogen-bond acceptors (Lipinski definition) is 3. The number of aromatic amines is 1. The Hall–Kier alpha value is -1.07. The number of hydrogen-bond donors (Lipinski definition) is 3. The molecule has 3 unspecified atom stereocenters. The van der Waals surface area contributed by atoms with Crippen LogP contribution in [0.25, 0.3) is 0 Å². The summed E-state index contributed by atoms with van der Waals surface area (Å²) in [6.07, 6.45) is 9.23. The molecule has 3 aliphatic rings. The minimum atomic E-state index is 0. The van der Waals surface area contributed by atoms with E-state index in [0.717, 1.165) is 31.1 Å². The van der Waals surface area contributed by atoms with Gasteiger partial charge in [0.25, 0.3) is 0 Å². The van der Waals surface area contributed by atoms with Gasteiger partial charge in [-0.15, -0.1) is 12.4 Å². The van der Waals surface area contributed by atoms with Crippen molar-refractivity contribution in [2.45, 2.75) is 63.3 Å². The maximum Gasteiger partial charge on any atom is 0.225 e. The Labute approximate surface area is 143 Å². The quantitative estimate of drug-likeness (QED) is 0.788. The molecule has 4 rings (SSSR count). The monoisotopic (exact) mass is 338 g/mol. The summed E-state index contributed by atoms with van der Waals surface area (Å²) in [7, 11) is 0. The molecule has 3 fully saturated rings. The molecule has 6 heteroatoms. The van der Waals surface area contributed by atoms with E-state index in [2.05, 4.69) is 15.5 Å². The van der Waals surface area contributed by atoms with Crippen LogP contribution in [0.4, 0.5) is 5.82 Å². The molecule has 0 saturated heterocycles. The van der Waals surface area contributed by atoms with E-state index in [1.54, 1.807) is 0 Å². The third-order valence-electron chi connectivity index (χ3n) is 6.17. The molecular formula is C17H27ClN4O. The lowest BCUT2D eigenvalue weighted by Gasteiger charge is -2.19. The lowest BCUT2D eigenvalue weighted by Crippen LogP contribution is -2.28. The molecule has 0 radical (unpaired) electrons. The third kappa shape index (κ3) is 3.41. The summed E-state index contributed by atoms with van der Waals surface area (Å²) in [4.78, 5) is 12.2. The number of nitrogens with one attached hydrogen (secondary N) is 2. The average Bonchev–Trinajstić information content (AvgIpc) is 3.24. The van der Waals surface area contributed by atoms with E-state index >= 15 is 0 Å². The molecule has 5 atom stereocenters. The minimum Gasteiger partial charge on any atom is -0.327 e. The zero-order chi connectivity index (χ0) is 15.1. The SMILES string of the molecule is Cl.N[C@@H]1CCC[C@H]1CC(=O)Nc1cc(C2CC3CCC2C3)[nH]n1. The van der Waals surface area contributed by atoms with Gasteiger partial charge in [-0.2, -0.15) is 5.10 Å². The molecule has 23 heavy (non-hydrogen) atoms. The van der Waals surface area contributed by atoms with Crippen molar-refractivity contribution in [3.05, 3.63) is 11.8 Å². The predicted molar refractivity (Wildman–Crippen MR) is 92.6 cm³/mol. The minimum absolute atomic E-state index is 0. The number of halogens is 1. The zero-order valence-electron chi connectivity index (χ0n) is 13.5. The summed E-state index contributed by atoms with van der Waals surface area (Å²) in [5.74, 6) is 3.43. The van der Waals surface area contributed by atoms with Gasteiger partial charge in [0.1, 0.15) is 0 Å². The Balaban J connectivity index is 0.00000156. The van der Waals surface area contributed by atoms with Gasteiger partial charge >= 0.3 is 0 Å². The number of aromatic nitrogens is 2. The Bertz CT molecular complexity index is 561. The van der Waals surface area contributed by atoms with Crippen molar-refractivity contribution < 1.29 is 4.79 Å². The number of amides is 1. The van der Waals surface area contributed by atoms with Crippen LogP contribution in [0.2, 0.25) is 0 Å². The number of H-pyrrole nitrogens is 1. The third-order valence-corrected chi connectivity index (χ3v) is 6.17. The predicted octanol–water partition coefficient (Wildman–Crippen LogP) is 3.19. The molecule has 0 spiro atoms. The van der Waals surface area contributed by atoms with E-state index in [-0.39, 0.29) is 24.4 Å². The fourth-order valence-electron chi connectivity index (χ4n) is 4.97. The summed E-state index contributed by atoms with van der Waals surface area (Å²) < 4.78 is 0. The smallest absolute Gasteiger partial charge is 0.225 e. The number of anilines is 1. The Kier molecular flexibility index (Phi) is 4.97. The highest BCUT2D eigenvalue weighted by Crippen LogP contribution is 2.52. The normalized spacial score (nSPS) is 35.3. The Morgan fingerprint density at radius 1 is 1.30 bits per heavy atom. The standard InChI is InChI=1S/C17H26N4O.ClH/c18-14-3-1-2-12(14)8-17(22)19-16-9-15(20-21-16)13-7-10-4-5-11(13)6-10;/h9-14H,1-8,18H2,(H2,19,20,21,22);1H/t10?,11?,12-,13?,14+;/m0./s1. The summed E-state index contributed by atoms with van der Waals surface area (Å²) >= 11 is 0. The molecular weight excluding hydrogens is 312 g/mol. The molecule has 3 aliphatic carbocycles. The van der Waals surface area contributed by atoms with E-state index in [9.17, 15) is 4.79 Å². The van der Waals surface area contributed by atoms with Crippen LogP contribution in [-0.4, -0.2) is 22.1 Å². The summed E-state index contributed by atoms with van der Waals surface area (Å²) in [5, 5.41) is 10.4. The summed E-state index contributed by atoms with van der Waals surface area (Å²) in [6.45, 7) is 0. The van der Waals surface area contributed by atoms with Crippen LogP contribution in [0, 0.1) is 17.8 Å². The molecule has 5 nitrogen and oxygen atoms in total. The molecule has 3 saturated carbocycles. The van der Waals surface area contributed by atoms with Crippen molar-refractivity contribution >= 4 is 24.1 Å². The van der Waals surface area contributed by atoms with E-state index in [0.29, 0.717) is 24.1 Å². The van der Waals surface area contributed by atoms with E-state index < -0.39 is 0 Å². The molecule has 0 aliphatic heterocycles. The van der Waals surface area contributed by atoms with Gasteiger partial charge in [-0.1, -0.05) is 12.8 Å². The van der Waals surface area contributed by atoms with Crippen molar-refractivity contribution in [2.75, 3.05) is 5.32 Å². The van der Waals surface area contributed by atoms with Crippen molar-refractivity contribution in [3.8, 4) is 0 Å². The van der Waals surface area contributed by atoms with Crippen LogP contribution in [-0.2, 0) is 4.79 Å². The summed E-state index contributed by atoms with van der Waals surface area (Å²) in [5.41, 5.74) is 7.25. The molecule has 128 valence electrons. The van der Waals surface area contributed by atoms with Crippen molar-refractivity contribution in [3.63, 3.8) is 0 Å². The molecule has 4 N–H and O–H groups in total. The van der Waals surface area contributed by atoms with Crippen LogP contribution in [0.3, 0.4) is 0 Å². The van der Waals surface area contributed by atoms with Crippen LogP contribution in [0.5, 0.6) is 0 Å². The molecule has 1 heterocycles. The number of fused-ring (bicyclic) bond motifs is 2. The first-order valence-electron chi connectivity index (χ1n) is 8.80. The average molecular weight is 339 g/mol. The fraction of sp³-hybridized carbons (Fsp3) is 0.765. The number of carbonyl (C=O) groups is 1. The largest absolute Gasteiger partial charge is 0.327 e. The van der Waals surface area contributed by atoms with Gasteiger partial charge in [0, 0.05) is 30.1 Å². The molecule has 0 aromatic carbocycles. The van der Waals surface area contributed by atoms with Crippen molar-refractivity contribution in [1.82, 2.24) is 10.2 Å². The van der Waals surface area contributed by atoms with Gasteiger partial charge in [-0.25, -0.2) is 0 Å². The summed E-state index contributed by atoms with van der Waals surface area (Å²) in [6, 6.07) is 2.23. The second kappa shape index (κ2) is 6.81. The van der Waals surface area contributed by atoms with Crippen molar-refractivity contribution in [1.29, 1.82) is 0 Å². The van der Waals surface area contributed by atoms with Crippen LogP contribution >= 0.6 is 12.4 Å². The topological polar surface area (TPSA) is 83.8 Å². The Morgan fingerprint density at radius 3 is 2.83 bits per heavy atom. The highest BCUT2D eigenvalue weighted by molar-refractivity contribution is 5.90. The first kappa shape index (κ1) is 16.8. The second-order valence-electron chi connectivity index (χ2n) is 7.60. The number of carbonyl (C=O) groups excluding carboxylic acids is 1. The molecule has 2 bridgehead atoms. The van der Waals surface area contributed by atoms with Crippen molar-refractivity contribution in [2.24, 2.45) is 23.5 Å². The zero-order valence-corrected chi connectivity index (χ0v) is 14.3. The fourth-order valence-corrected chi connectivity index (χ4v) is 4.97. The number of nitrogens with zero attached hydrogens (tertiary/aromatic N) is 1. The number of nitrogens with two attached hydrogens (primary N) is 1. The second-order valence-corrected chi connectivity index (χ2v) is 7.60. The first-order valence-corrected chi connectivity index (χ1v) is 8.80. The van der Waals surface area contributed by atoms with Crippen LogP contribution in [0.15, 0.2) is 6.07 Å². The molecule has 1 amide bonds. The first-order chi connectivity index (χ1) is 10.7. The van der Waals surface area contributed by atoms with Crippen LogP contribution < -0.4 is 11.1 Å². The molecule has 1 aromatic heterocycles. The van der Waals surface area contributed by atoms with E-state index in [1.165, 1.54) is 31.4 Å². The van der Waals surface area contributed by atoms with Gasteiger partial charge < -0.3 is 11.1 Å². The maximum absolute atomic E-state index is 12.2. The van der Waals surface area contributed by atoms with Gasteiger partial charge in [0.2, 0.25) is 5.91 Å².